The van der Waals surface area contributed by atoms with E-state index in [2.05, 4.69) is 26.1 Å². The summed E-state index contributed by atoms with van der Waals surface area (Å²) in [5, 5.41) is 14.1. The minimum atomic E-state index is -0.811. The third kappa shape index (κ3) is 10.3. The van der Waals surface area contributed by atoms with E-state index in [1.807, 2.05) is 20.8 Å². The van der Waals surface area contributed by atoms with E-state index in [-0.39, 0.29) is 40.8 Å². The van der Waals surface area contributed by atoms with Gasteiger partial charge in [0.2, 0.25) is 5.91 Å². The number of benzene rings is 1. The Balaban J connectivity index is 1.97. The van der Waals surface area contributed by atoms with Crippen LogP contribution in [0.25, 0.3) is 0 Å². The predicted molar refractivity (Wildman–Crippen MR) is 153 cm³/mol. The minimum absolute atomic E-state index is 0.0593. The highest BCUT2D eigenvalue weighted by Gasteiger charge is 2.38. The molecule has 1 aliphatic heterocycles. The van der Waals surface area contributed by atoms with Crippen LogP contribution in [0.5, 0.6) is 5.75 Å². The van der Waals surface area contributed by atoms with Gasteiger partial charge in [0.25, 0.3) is 0 Å². The molecule has 1 amide bonds. The van der Waals surface area contributed by atoms with Crippen molar-refractivity contribution in [2.45, 2.75) is 91.4 Å². The summed E-state index contributed by atoms with van der Waals surface area (Å²) >= 11 is 0. The fourth-order valence-corrected chi connectivity index (χ4v) is 5.22. The summed E-state index contributed by atoms with van der Waals surface area (Å²) < 4.78 is 30.8. The van der Waals surface area contributed by atoms with Gasteiger partial charge in [-0.2, -0.15) is 0 Å². The lowest BCUT2D eigenvalue weighted by atomic mass is 9.80. The Bertz CT molecular complexity index is 883. The second kappa shape index (κ2) is 15.9. The molecular formula is C31H53FN2O5. The molecule has 2 rings (SSSR count). The fraction of sp³-hybridized carbons (Fsp3) is 0.774. The summed E-state index contributed by atoms with van der Waals surface area (Å²) in [7, 11) is 1.62. The van der Waals surface area contributed by atoms with Crippen LogP contribution < -0.4 is 15.8 Å². The van der Waals surface area contributed by atoms with Crippen molar-refractivity contribution in [1.82, 2.24) is 5.32 Å². The van der Waals surface area contributed by atoms with Gasteiger partial charge in [-0.15, -0.1) is 0 Å². The van der Waals surface area contributed by atoms with Crippen LogP contribution in [0.2, 0.25) is 0 Å². The van der Waals surface area contributed by atoms with Crippen molar-refractivity contribution in [2.75, 3.05) is 33.5 Å². The fourth-order valence-electron chi connectivity index (χ4n) is 5.22. The molecule has 6 atom stereocenters. The molecule has 1 aliphatic rings. The first-order chi connectivity index (χ1) is 18.4. The molecule has 7 nitrogen and oxygen atoms in total. The summed E-state index contributed by atoms with van der Waals surface area (Å²) in [4.78, 5) is 13.1. The SMILES string of the molecule is COCCCOc1cc(CC(C[C@H](N)C(O)CC(C(=O)NC[C@@]2(C)OCCC2C)C(C)C)C(C)C)ccc1F. The third-order valence-corrected chi connectivity index (χ3v) is 8.53. The number of ether oxygens (including phenoxy) is 3. The number of nitrogens with one attached hydrogen (secondary N) is 1. The molecule has 1 heterocycles. The predicted octanol–water partition coefficient (Wildman–Crippen LogP) is 4.73. The first kappa shape index (κ1) is 33.5. The molecule has 0 spiro atoms. The van der Waals surface area contributed by atoms with E-state index in [1.165, 1.54) is 6.07 Å². The van der Waals surface area contributed by atoms with Crippen molar-refractivity contribution in [3.05, 3.63) is 29.6 Å². The first-order valence-electron chi connectivity index (χ1n) is 14.6. The van der Waals surface area contributed by atoms with Crippen molar-refractivity contribution in [1.29, 1.82) is 0 Å². The zero-order valence-electron chi connectivity index (χ0n) is 25.2. The number of aliphatic hydroxyl groups excluding tert-OH is 1. The van der Waals surface area contributed by atoms with Crippen molar-refractivity contribution in [2.24, 2.45) is 35.3 Å². The molecule has 0 radical (unpaired) electrons. The minimum Gasteiger partial charge on any atom is -0.490 e. The van der Waals surface area contributed by atoms with Gasteiger partial charge < -0.3 is 30.4 Å². The van der Waals surface area contributed by atoms with Crippen molar-refractivity contribution in [3.63, 3.8) is 0 Å². The van der Waals surface area contributed by atoms with Crippen LogP contribution in [0.3, 0.4) is 0 Å². The third-order valence-electron chi connectivity index (χ3n) is 8.53. The number of amides is 1. The van der Waals surface area contributed by atoms with E-state index >= 15 is 0 Å². The number of rotatable bonds is 17. The van der Waals surface area contributed by atoms with Crippen LogP contribution in [-0.4, -0.2) is 62.2 Å². The molecule has 1 fully saturated rings. The monoisotopic (exact) mass is 552 g/mol. The Morgan fingerprint density at radius 3 is 2.54 bits per heavy atom. The number of nitrogens with two attached hydrogens (primary N) is 1. The lowest BCUT2D eigenvalue weighted by molar-refractivity contribution is -0.129. The first-order valence-corrected chi connectivity index (χ1v) is 14.6. The second-order valence-corrected chi connectivity index (χ2v) is 12.3. The van der Waals surface area contributed by atoms with Crippen LogP contribution in [-0.2, 0) is 20.7 Å². The summed E-state index contributed by atoms with van der Waals surface area (Å²) in [5.74, 6) is 0.360. The molecule has 4 unspecified atom stereocenters. The number of carbonyl (C=O) groups excluding carboxylic acids is 1. The number of carbonyl (C=O) groups is 1. The number of halogens is 1. The van der Waals surface area contributed by atoms with Crippen molar-refractivity contribution in [3.8, 4) is 5.75 Å². The van der Waals surface area contributed by atoms with E-state index < -0.39 is 12.1 Å². The standard InChI is InChI=1S/C31H53FN2O5/c1-20(2)24(15-23-9-10-26(32)29(16-23)38-13-8-12-37-7)17-27(33)28(35)18-25(21(3)4)30(36)34-19-31(6)22(5)11-14-39-31/h9-10,16,20-22,24-25,27-28,35H,8,11-15,17-19,33H2,1-7H3,(H,34,36)/t22?,24?,25?,27-,28?,31+/m0/s1. The molecule has 1 aromatic rings. The Labute approximate surface area is 235 Å². The Morgan fingerprint density at radius 2 is 1.95 bits per heavy atom. The molecule has 0 aliphatic carbocycles. The average Bonchev–Trinajstić information content (AvgIpc) is 3.22. The van der Waals surface area contributed by atoms with Crippen LogP contribution in [0.1, 0.15) is 72.8 Å². The zero-order chi connectivity index (χ0) is 29.2. The van der Waals surface area contributed by atoms with Crippen molar-refractivity contribution < 1.29 is 28.5 Å². The maximum atomic E-state index is 14.3. The van der Waals surface area contributed by atoms with E-state index in [0.717, 1.165) is 12.0 Å². The molecule has 0 saturated carbocycles. The Morgan fingerprint density at radius 1 is 1.23 bits per heavy atom. The zero-order valence-corrected chi connectivity index (χ0v) is 25.2. The van der Waals surface area contributed by atoms with Crippen LogP contribution in [0, 0.1) is 35.4 Å². The van der Waals surface area contributed by atoms with Gasteiger partial charge in [-0.05, 0) is 74.0 Å². The summed E-state index contributed by atoms with van der Waals surface area (Å²) in [6.07, 6.45) is 2.45. The number of hydrogen-bond donors (Lipinski definition) is 3. The van der Waals surface area contributed by atoms with E-state index in [0.29, 0.717) is 63.9 Å². The number of methoxy groups -OCH3 is 1. The largest absolute Gasteiger partial charge is 0.490 e. The molecular weight excluding hydrogens is 499 g/mol. The Kier molecular flexibility index (Phi) is 13.6. The lowest BCUT2D eigenvalue weighted by Gasteiger charge is -2.32. The van der Waals surface area contributed by atoms with Gasteiger partial charge in [-0.3, -0.25) is 4.79 Å². The van der Waals surface area contributed by atoms with E-state index in [4.69, 9.17) is 19.9 Å². The summed E-state index contributed by atoms with van der Waals surface area (Å²) in [6.45, 7) is 14.6. The van der Waals surface area contributed by atoms with Crippen LogP contribution >= 0.6 is 0 Å². The van der Waals surface area contributed by atoms with Crippen LogP contribution in [0.4, 0.5) is 4.39 Å². The van der Waals surface area contributed by atoms with Gasteiger partial charge in [0.15, 0.2) is 11.6 Å². The smallest absolute Gasteiger partial charge is 0.223 e. The highest BCUT2D eigenvalue weighted by Crippen LogP contribution is 2.31. The van der Waals surface area contributed by atoms with Crippen LogP contribution in [0.15, 0.2) is 18.2 Å². The lowest BCUT2D eigenvalue weighted by Crippen LogP contribution is -2.47. The molecule has 0 bridgehead atoms. The second-order valence-electron chi connectivity index (χ2n) is 12.3. The van der Waals surface area contributed by atoms with E-state index in [9.17, 15) is 14.3 Å². The normalized spacial score (nSPS) is 22.6. The number of aliphatic hydroxyl groups is 1. The average molecular weight is 553 g/mol. The molecule has 1 saturated heterocycles. The van der Waals surface area contributed by atoms with Gasteiger partial charge in [0.05, 0.1) is 18.3 Å². The maximum Gasteiger partial charge on any atom is 0.223 e. The maximum absolute atomic E-state index is 14.3. The molecule has 0 aromatic heterocycles. The molecule has 4 N–H and O–H groups in total. The highest BCUT2D eigenvalue weighted by atomic mass is 19.1. The van der Waals surface area contributed by atoms with Gasteiger partial charge in [0, 0.05) is 45.2 Å². The Hall–Kier alpha value is -1.74. The highest BCUT2D eigenvalue weighted by molar-refractivity contribution is 5.79. The summed E-state index contributed by atoms with van der Waals surface area (Å²) in [6, 6.07) is 4.50. The van der Waals surface area contributed by atoms with Gasteiger partial charge in [-0.25, -0.2) is 4.39 Å². The molecule has 8 heteroatoms. The molecule has 224 valence electrons. The van der Waals surface area contributed by atoms with Gasteiger partial charge >= 0.3 is 0 Å². The number of hydrogen-bond acceptors (Lipinski definition) is 6. The van der Waals surface area contributed by atoms with Crippen molar-refractivity contribution >= 4 is 5.91 Å². The molecule has 39 heavy (non-hydrogen) atoms. The van der Waals surface area contributed by atoms with Gasteiger partial charge in [0.1, 0.15) is 0 Å². The molecule has 1 aromatic carbocycles. The summed E-state index contributed by atoms with van der Waals surface area (Å²) in [5.41, 5.74) is 7.13. The topological polar surface area (TPSA) is 103 Å². The van der Waals surface area contributed by atoms with Gasteiger partial charge in [-0.1, -0.05) is 40.7 Å². The van der Waals surface area contributed by atoms with E-state index in [1.54, 1.807) is 19.2 Å². The quantitative estimate of drug-likeness (QED) is 0.242.